The van der Waals surface area contributed by atoms with E-state index in [1.54, 1.807) is 4.90 Å². The van der Waals surface area contributed by atoms with Crippen LogP contribution in [0.2, 0.25) is 0 Å². The molecular weight excluding hydrogens is 244 g/mol. The molecule has 1 aliphatic rings. The predicted octanol–water partition coefficient (Wildman–Crippen LogP) is 0.362. The normalized spacial score (nSPS) is 16.3. The summed E-state index contributed by atoms with van der Waals surface area (Å²) >= 11 is 0. The van der Waals surface area contributed by atoms with Gasteiger partial charge in [0.05, 0.1) is 18.8 Å². The molecule has 2 heterocycles. The van der Waals surface area contributed by atoms with Crippen LogP contribution in [0.4, 0.5) is 5.82 Å². The van der Waals surface area contributed by atoms with Crippen molar-refractivity contribution >= 4 is 17.6 Å². The summed E-state index contributed by atoms with van der Waals surface area (Å²) in [6.45, 7) is 3.94. The summed E-state index contributed by atoms with van der Waals surface area (Å²) in [5.41, 5.74) is 0.851. The van der Waals surface area contributed by atoms with Gasteiger partial charge in [-0.2, -0.15) is 0 Å². The second-order valence-electron chi connectivity index (χ2n) is 4.56. The van der Waals surface area contributed by atoms with Crippen LogP contribution in [-0.4, -0.2) is 41.3 Å². The molecule has 0 aliphatic carbocycles. The highest BCUT2D eigenvalue weighted by Gasteiger charge is 2.22. The van der Waals surface area contributed by atoms with Crippen molar-refractivity contribution in [1.82, 2.24) is 15.2 Å². The van der Waals surface area contributed by atoms with Crippen LogP contribution in [0.25, 0.3) is 0 Å². The molecule has 1 saturated heterocycles. The molecule has 102 valence electrons. The van der Waals surface area contributed by atoms with Crippen molar-refractivity contribution in [1.29, 1.82) is 0 Å². The van der Waals surface area contributed by atoms with Gasteiger partial charge >= 0.3 is 0 Å². The summed E-state index contributed by atoms with van der Waals surface area (Å²) in [4.78, 5) is 28.8. The first kappa shape index (κ1) is 13.5. The Labute approximate surface area is 112 Å². The number of piperazine rings is 1. The molecule has 2 rings (SSSR count). The van der Waals surface area contributed by atoms with E-state index in [-0.39, 0.29) is 24.9 Å². The van der Waals surface area contributed by atoms with Crippen molar-refractivity contribution in [3.8, 4) is 0 Å². The van der Waals surface area contributed by atoms with Crippen LogP contribution in [0, 0.1) is 0 Å². The Morgan fingerprint density at radius 1 is 1.32 bits per heavy atom. The number of carbonyl (C=O) groups excluding carboxylic acids is 2. The molecule has 1 aromatic heterocycles. The fourth-order valence-electron chi connectivity index (χ4n) is 1.96. The molecule has 6 nitrogen and oxygen atoms in total. The first-order chi connectivity index (χ1) is 9.17. The van der Waals surface area contributed by atoms with Gasteiger partial charge in [-0.1, -0.05) is 13.0 Å². The van der Waals surface area contributed by atoms with Gasteiger partial charge in [-0.3, -0.25) is 19.8 Å². The number of hydrogen-bond acceptors (Lipinski definition) is 5. The fourth-order valence-corrected chi connectivity index (χ4v) is 1.96. The van der Waals surface area contributed by atoms with Gasteiger partial charge in [-0.05, 0) is 18.6 Å². The number of aromatic nitrogens is 1. The average molecular weight is 262 g/mol. The summed E-state index contributed by atoms with van der Waals surface area (Å²) in [6.07, 6.45) is 1.03. The lowest BCUT2D eigenvalue weighted by atomic mass is 10.3. The number of anilines is 1. The molecule has 0 saturated carbocycles. The quantitative estimate of drug-likeness (QED) is 0.750. The summed E-state index contributed by atoms with van der Waals surface area (Å²) < 4.78 is 0. The molecular formula is C13H18N4O2. The summed E-state index contributed by atoms with van der Waals surface area (Å²) in [5, 5.41) is 5.50. The molecule has 2 N–H and O–H groups in total. The highest BCUT2D eigenvalue weighted by molar-refractivity contribution is 5.99. The number of nitrogens with zero attached hydrogens (tertiary/aromatic N) is 2. The smallest absolute Gasteiger partial charge is 0.240 e. The van der Waals surface area contributed by atoms with Gasteiger partial charge in [-0.25, -0.2) is 4.98 Å². The molecule has 1 fully saturated rings. The first-order valence-electron chi connectivity index (χ1n) is 6.42. The van der Waals surface area contributed by atoms with Crippen LogP contribution in [-0.2, 0) is 16.1 Å². The van der Waals surface area contributed by atoms with Gasteiger partial charge in [0, 0.05) is 13.1 Å². The molecule has 1 aromatic rings. The lowest BCUT2D eigenvalue weighted by molar-refractivity contribution is -0.136. The average Bonchev–Trinajstić information content (AvgIpc) is 2.35. The largest absolute Gasteiger partial charge is 0.370 e. The van der Waals surface area contributed by atoms with E-state index < -0.39 is 0 Å². The van der Waals surface area contributed by atoms with Gasteiger partial charge < -0.3 is 5.32 Å². The molecule has 0 bridgehead atoms. The van der Waals surface area contributed by atoms with Crippen molar-refractivity contribution in [3.63, 3.8) is 0 Å². The maximum Gasteiger partial charge on any atom is 0.240 e. The maximum atomic E-state index is 11.3. The molecule has 0 radical (unpaired) electrons. The molecule has 0 aromatic carbocycles. The number of hydrogen-bond donors (Lipinski definition) is 2. The first-order valence-corrected chi connectivity index (χ1v) is 6.42. The van der Waals surface area contributed by atoms with E-state index in [4.69, 9.17) is 0 Å². The van der Waals surface area contributed by atoms with Crippen LogP contribution < -0.4 is 10.6 Å². The monoisotopic (exact) mass is 262 g/mol. The van der Waals surface area contributed by atoms with E-state index in [1.807, 2.05) is 18.2 Å². The molecule has 6 heteroatoms. The SMILES string of the molecule is CCCNc1cccc(CN2CC(=O)NC(=O)C2)n1. The zero-order chi connectivity index (χ0) is 13.7. The molecule has 19 heavy (non-hydrogen) atoms. The van der Waals surface area contributed by atoms with E-state index in [0.717, 1.165) is 24.5 Å². The number of imide groups is 1. The summed E-state index contributed by atoms with van der Waals surface area (Å²) in [6, 6.07) is 5.73. The van der Waals surface area contributed by atoms with E-state index in [0.29, 0.717) is 6.54 Å². The van der Waals surface area contributed by atoms with Crippen molar-refractivity contribution < 1.29 is 9.59 Å². The fraction of sp³-hybridized carbons (Fsp3) is 0.462. The molecule has 0 spiro atoms. The van der Waals surface area contributed by atoms with Crippen LogP contribution in [0.1, 0.15) is 19.0 Å². The lowest BCUT2D eigenvalue weighted by Crippen LogP contribution is -2.50. The highest BCUT2D eigenvalue weighted by atomic mass is 16.2. The van der Waals surface area contributed by atoms with Crippen molar-refractivity contribution in [3.05, 3.63) is 23.9 Å². The lowest BCUT2D eigenvalue weighted by Gasteiger charge is -2.24. The van der Waals surface area contributed by atoms with Crippen molar-refractivity contribution in [2.24, 2.45) is 0 Å². The second kappa shape index (κ2) is 6.29. The minimum Gasteiger partial charge on any atom is -0.370 e. The Morgan fingerprint density at radius 2 is 2.05 bits per heavy atom. The van der Waals surface area contributed by atoms with E-state index in [1.165, 1.54) is 0 Å². The zero-order valence-electron chi connectivity index (χ0n) is 11.0. The Kier molecular flexibility index (Phi) is 4.46. The van der Waals surface area contributed by atoms with Crippen molar-refractivity contribution in [2.75, 3.05) is 25.0 Å². The number of pyridine rings is 1. The molecule has 0 atom stereocenters. The van der Waals surface area contributed by atoms with Crippen LogP contribution >= 0.6 is 0 Å². The Morgan fingerprint density at radius 3 is 2.74 bits per heavy atom. The maximum absolute atomic E-state index is 11.3. The Bertz CT molecular complexity index is 459. The third-order valence-electron chi connectivity index (χ3n) is 2.76. The second-order valence-corrected chi connectivity index (χ2v) is 4.56. The van der Waals surface area contributed by atoms with Gasteiger partial charge in [0.25, 0.3) is 0 Å². The van der Waals surface area contributed by atoms with Crippen LogP contribution in [0.15, 0.2) is 18.2 Å². The molecule has 1 aliphatic heterocycles. The van der Waals surface area contributed by atoms with Crippen LogP contribution in [0.5, 0.6) is 0 Å². The number of rotatable bonds is 5. The van der Waals surface area contributed by atoms with E-state index in [2.05, 4.69) is 22.5 Å². The van der Waals surface area contributed by atoms with Gasteiger partial charge in [0.1, 0.15) is 5.82 Å². The molecule has 2 amide bonds. The van der Waals surface area contributed by atoms with Crippen LogP contribution in [0.3, 0.4) is 0 Å². The van der Waals surface area contributed by atoms with E-state index in [9.17, 15) is 9.59 Å². The van der Waals surface area contributed by atoms with Crippen molar-refractivity contribution in [2.45, 2.75) is 19.9 Å². The van der Waals surface area contributed by atoms with E-state index >= 15 is 0 Å². The third-order valence-corrected chi connectivity index (χ3v) is 2.76. The summed E-state index contributed by atoms with van der Waals surface area (Å²) in [5.74, 6) is 0.320. The summed E-state index contributed by atoms with van der Waals surface area (Å²) in [7, 11) is 0. The number of nitrogens with one attached hydrogen (secondary N) is 2. The molecule has 0 unspecified atom stereocenters. The topological polar surface area (TPSA) is 74.3 Å². The van der Waals surface area contributed by atoms with Gasteiger partial charge in [0.2, 0.25) is 11.8 Å². The Balaban J connectivity index is 1.98. The predicted molar refractivity (Wildman–Crippen MR) is 71.4 cm³/mol. The van der Waals surface area contributed by atoms with Gasteiger partial charge in [0.15, 0.2) is 0 Å². The minimum absolute atomic E-state index is 0.236. The number of carbonyl (C=O) groups is 2. The Hall–Kier alpha value is -1.95. The minimum atomic E-state index is -0.253. The highest BCUT2D eigenvalue weighted by Crippen LogP contribution is 2.08. The zero-order valence-corrected chi connectivity index (χ0v) is 11.0. The number of amides is 2. The van der Waals surface area contributed by atoms with Gasteiger partial charge in [-0.15, -0.1) is 0 Å². The standard InChI is InChI=1S/C13H18N4O2/c1-2-6-14-11-5-3-4-10(15-11)7-17-8-12(18)16-13(19)9-17/h3-5H,2,6-9H2,1H3,(H,14,15)(H,16,18,19). The third kappa shape index (κ3) is 4.03.